The summed E-state index contributed by atoms with van der Waals surface area (Å²) in [6, 6.07) is 7.07. The molecule has 1 aromatic carbocycles. The second kappa shape index (κ2) is 6.83. The van der Waals surface area contributed by atoms with Gasteiger partial charge in [0.2, 0.25) is 0 Å². The topological polar surface area (TPSA) is 55.0 Å². The predicted molar refractivity (Wildman–Crippen MR) is 81.9 cm³/mol. The van der Waals surface area contributed by atoms with Gasteiger partial charge in [-0.1, -0.05) is 12.1 Å². The van der Waals surface area contributed by atoms with Crippen molar-refractivity contribution in [1.29, 1.82) is 0 Å². The van der Waals surface area contributed by atoms with E-state index in [0.717, 1.165) is 26.2 Å². The molecule has 5 heteroatoms. The molecule has 0 bridgehead atoms. The highest BCUT2D eigenvalue weighted by Crippen LogP contribution is 2.15. The standard InChI is InChI=1S/C16H23N3O2/c1-12(19-10-8-18(3)9-11-19)16(21)17-15-7-5-4-6-14(15)13(2)20/h4-7,12H,8-11H2,1-3H3,(H,17,21)/p+2/t12-/m0/s1. The van der Waals surface area contributed by atoms with Gasteiger partial charge in [0.1, 0.15) is 26.2 Å². The van der Waals surface area contributed by atoms with Crippen LogP contribution in [0.1, 0.15) is 24.2 Å². The fraction of sp³-hybridized carbons (Fsp3) is 0.500. The zero-order valence-corrected chi connectivity index (χ0v) is 13.0. The van der Waals surface area contributed by atoms with Crippen molar-refractivity contribution in [2.45, 2.75) is 19.9 Å². The van der Waals surface area contributed by atoms with Gasteiger partial charge in [-0.05, 0) is 26.0 Å². The van der Waals surface area contributed by atoms with Gasteiger partial charge < -0.3 is 15.1 Å². The molecule has 0 unspecified atom stereocenters. The van der Waals surface area contributed by atoms with Gasteiger partial charge in [0, 0.05) is 5.56 Å². The SMILES string of the molecule is CC(=O)c1ccccc1NC(=O)[C@H](C)[NH+]1CC[NH+](C)CC1. The van der Waals surface area contributed by atoms with Gasteiger partial charge in [-0.2, -0.15) is 0 Å². The molecule has 1 amide bonds. The van der Waals surface area contributed by atoms with E-state index in [2.05, 4.69) is 12.4 Å². The molecule has 0 spiro atoms. The minimum atomic E-state index is -0.0990. The van der Waals surface area contributed by atoms with Crippen LogP contribution in [0.5, 0.6) is 0 Å². The molecule has 5 nitrogen and oxygen atoms in total. The molecule has 1 fully saturated rings. The molecule has 3 N–H and O–H groups in total. The van der Waals surface area contributed by atoms with Gasteiger partial charge in [-0.15, -0.1) is 0 Å². The molecule has 0 aromatic heterocycles. The van der Waals surface area contributed by atoms with Crippen molar-refractivity contribution >= 4 is 17.4 Å². The van der Waals surface area contributed by atoms with Crippen molar-refractivity contribution in [3.63, 3.8) is 0 Å². The second-order valence-corrected chi connectivity index (χ2v) is 5.93. The Bertz CT molecular complexity index is 522. The van der Waals surface area contributed by atoms with Gasteiger partial charge in [-0.25, -0.2) is 0 Å². The van der Waals surface area contributed by atoms with E-state index < -0.39 is 0 Å². The number of carbonyl (C=O) groups is 2. The summed E-state index contributed by atoms with van der Waals surface area (Å²) in [5.74, 6) is -0.0487. The first-order chi connectivity index (χ1) is 9.99. The average Bonchev–Trinajstić information content (AvgIpc) is 2.47. The Morgan fingerprint density at radius 1 is 1.14 bits per heavy atom. The first-order valence-corrected chi connectivity index (χ1v) is 7.55. The number of hydrogen-bond acceptors (Lipinski definition) is 2. The molecule has 1 saturated heterocycles. The maximum absolute atomic E-state index is 12.4. The van der Waals surface area contributed by atoms with Gasteiger partial charge >= 0.3 is 0 Å². The number of piperazine rings is 1. The fourth-order valence-corrected chi connectivity index (χ4v) is 2.76. The molecule has 1 atom stereocenters. The summed E-state index contributed by atoms with van der Waals surface area (Å²) in [4.78, 5) is 26.9. The molecular formula is C16H25N3O2+2. The molecule has 1 aromatic rings. The lowest BCUT2D eigenvalue weighted by atomic mass is 10.1. The molecule has 1 aliphatic heterocycles. The molecule has 21 heavy (non-hydrogen) atoms. The number of anilines is 1. The van der Waals surface area contributed by atoms with E-state index in [-0.39, 0.29) is 17.7 Å². The van der Waals surface area contributed by atoms with Crippen LogP contribution in [-0.2, 0) is 4.79 Å². The fourth-order valence-electron chi connectivity index (χ4n) is 2.76. The number of carbonyl (C=O) groups excluding carboxylic acids is 2. The van der Waals surface area contributed by atoms with Crippen molar-refractivity contribution in [3.05, 3.63) is 29.8 Å². The summed E-state index contributed by atoms with van der Waals surface area (Å²) in [5.41, 5.74) is 1.18. The Hall–Kier alpha value is -1.72. The molecule has 0 saturated carbocycles. The van der Waals surface area contributed by atoms with Gasteiger partial charge in [0.25, 0.3) is 5.91 Å². The molecule has 1 aliphatic rings. The van der Waals surface area contributed by atoms with Crippen molar-refractivity contribution < 1.29 is 19.4 Å². The van der Waals surface area contributed by atoms with Crippen LogP contribution >= 0.6 is 0 Å². The normalized spacial score (nSPS) is 23.4. The minimum Gasteiger partial charge on any atom is -0.328 e. The van der Waals surface area contributed by atoms with Crippen LogP contribution in [0.25, 0.3) is 0 Å². The Morgan fingerprint density at radius 2 is 1.76 bits per heavy atom. The lowest BCUT2D eigenvalue weighted by Gasteiger charge is -2.30. The number of hydrogen-bond donors (Lipinski definition) is 3. The van der Waals surface area contributed by atoms with E-state index in [1.165, 1.54) is 16.7 Å². The number of benzene rings is 1. The number of quaternary nitrogens is 2. The molecule has 0 radical (unpaired) electrons. The van der Waals surface area contributed by atoms with Gasteiger partial charge in [0.15, 0.2) is 11.8 Å². The van der Waals surface area contributed by atoms with E-state index in [1.54, 1.807) is 12.1 Å². The average molecular weight is 291 g/mol. The first-order valence-electron chi connectivity index (χ1n) is 7.55. The van der Waals surface area contributed by atoms with E-state index in [1.807, 2.05) is 19.1 Å². The Balaban J connectivity index is 2.03. The third-order valence-corrected chi connectivity index (χ3v) is 4.32. The van der Waals surface area contributed by atoms with E-state index in [9.17, 15) is 9.59 Å². The summed E-state index contributed by atoms with van der Waals surface area (Å²) in [5, 5.41) is 2.91. The van der Waals surface area contributed by atoms with Crippen LogP contribution in [0.2, 0.25) is 0 Å². The number of amides is 1. The maximum atomic E-state index is 12.4. The Morgan fingerprint density at radius 3 is 2.38 bits per heavy atom. The highest BCUT2D eigenvalue weighted by atomic mass is 16.2. The van der Waals surface area contributed by atoms with Crippen LogP contribution in [0.3, 0.4) is 0 Å². The van der Waals surface area contributed by atoms with Crippen molar-refractivity contribution in [3.8, 4) is 0 Å². The zero-order chi connectivity index (χ0) is 15.4. The largest absolute Gasteiger partial charge is 0.328 e. The van der Waals surface area contributed by atoms with Crippen molar-refractivity contribution in [1.82, 2.24) is 0 Å². The molecular weight excluding hydrogens is 266 g/mol. The molecule has 1 heterocycles. The second-order valence-electron chi connectivity index (χ2n) is 5.93. The van der Waals surface area contributed by atoms with Crippen LogP contribution in [0, 0.1) is 0 Å². The number of Topliss-reactive ketones (excluding diaryl/α,β-unsaturated/α-hetero) is 1. The van der Waals surface area contributed by atoms with E-state index in [4.69, 9.17) is 0 Å². The van der Waals surface area contributed by atoms with Gasteiger partial charge in [-0.3, -0.25) is 9.59 Å². The molecule has 2 rings (SSSR count). The van der Waals surface area contributed by atoms with Crippen LogP contribution in [-0.4, -0.2) is 51.0 Å². The summed E-state index contributed by atoms with van der Waals surface area (Å²) in [6.45, 7) is 7.68. The van der Waals surface area contributed by atoms with E-state index in [0.29, 0.717) is 11.3 Å². The highest BCUT2D eigenvalue weighted by Gasteiger charge is 2.30. The Kier molecular flexibility index (Phi) is 5.09. The van der Waals surface area contributed by atoms with E-state index >= 15 is 0 Å². The van der Waals surface area contributed by atoms with Crippen LogP contribution in [0.4, 0.5) is 5.69 Å². The van der Waals surface area contributed by atoms with Crippen LogP contribution in [0.15, 0.2) is 24.3 Å². The monoisotopic (exact) mass is 291 g/mol. The van der Waals surface area contributed by atoms with Gasteiger partial charge in [0.05, 0.1) is 12.7 Å². The highest BCUT2D eigenvalue weighted by molar-refractivity contribution is 6.04. The third-order valence-electron chi connectivity index (χ3n) is 4.32. The number of ketones is 1. The molecule has 0 aliphatic carbocycles. The number of rotatable bonds is 4. The summed E-state index contributed by atoms with van der Waals surface area (Å²) in [6.07, 6.45) is 0. The van der Waals surface area contributed by atoms with Crippen LogP contribution < -0.4 is 15.1 Å². The minimum absolute atomic E-state index is 0.0155. The third kappa shape index (κ3) is 3.89. The summed E-state index contributed by atoms with van der Waals surface area (Å²) >= 11 is 0. The Labute approximate surface area is 125 Å². The zero-order valence-electron chi connectivity index (χ0n) is 13.0. The lowest BCUT2D eigenvalue weighted by Crippen LogP contribution is -3.29. The molecule has 114 valence electrons. The maximum Gasteiger partial charge on any atom is 0.282 e. The first kappa shape index (κ1) is 15.7. The smallest absolute Gasteiger partial charge is 0.282 e. The van der Waals surface area contributed by atoms with Crippen molar-refractivity contribution in [2.75, 3.05) is 38.5 Å². The predicted octanol–water partition coefficient (Wildman–Crippen LogP) is -1.37. The number of likely N-dealkylation sites (N-methyl/N-ethyl adjacent to an activating group) is 1. The summed E-state index contributed by atoms with van der Waals surface area (Å²) < 4.78 is 0. The number of para-hydroxylation sites is 1. The lowest BCUT2D eigenvalue weighted by molar-refractivity contribution is -1.01. The number of nitrogens with one attached hydrogen (secondary N) is 3. The van der Waals surface area contributed by atoms with Crippen molar-refractivity contribution in [2.24, 2.45) is 0 Å². The summed E-state index contributed by atoms with van der Waals surface area (Å²) in [7, 11) is 2.19. The quantitative estimate of drug-likeness (QED) is 0.600.